The van der Waals surface area contributed by atoms with Crippen molar-refractivity contribution >= 4 is 18.1 Å². The predicted octanol–water partition coefficient (Wildman–Crippen LogP) is 4.21. The van der Waals surface area contributed by atoms with Gasteiger partial charge in [-0.15, -0.1) is 12.4 Å². The van der Waals surface area contributed by atoms with Gasteiger partial charge in [0.2, 0.25) is 0 Å². The van der Waals surface area contributed by atoms with Crippen molar-refractivity contribution in [3.8, 4) is 5.75 Å². The average molecular weight is 310 g/mol. The molecule has 2 aromatic rings. The van der Waals surface area contributed by atoms with Crippen molar-refractivity contribution in [1.82, 2.24) is 9.78 Å². The van der Waals surface area contributed by atoms with Gasteiger partial charge in [0.1, 0.15) is 5.75 Å². The molecule has 0 saturated carbocycles. The summed E-state index contributed by atoms with van der Waals surface area (Å²) in [6.07, 6.45) is 2.06. The van der Waals surface area contributed by atoms with Gasteiger partial charge in [-0.25, -0.2) is 0 Å². The van der Waals surface area contributed by atoms with Gasteiger partial charge in [-0.05, 0) is 45.4 Å². The number of ether oxygens (including phenoxy) is 1. The maximum Gasteiger partial charge on any atom is 0.119 e. The second-order valence-electron chi connectivity index (χ2n) is 5.13. The standard InChI is InChI=1S/C16H23N3O.ClH/c1-5-20-15-8-6-14(7-9-15)10-17-16-11-19(12(2)3)18-13(16)4;/h6-9,11-12,17H,5,10H2,1-4H3;1H. The van der Waals surface area contributed by atoms with E-state index in [9.17, 15) is 0 Å². The number of hydrogen-bond donors (Lipinski definition) is 1. The Labute approximate surface area is 132 Å². The third kappa shape index (κ3) is 4.67. The van der Waals surface area contributed by atoms with Gasteiger partial charge in [0.05, 0.1) is 18.0 Å². The molecule has 1 aromatic carbocycles. The summed E-state index contributed by atoms with van der Waals surface area (Å²) in [5.74, 6) is 0.917. The second-order valence-corrected chi connectivity index (χ2v) is 5.13. The van der Waals surface area contributed by atoms with Crippen molar-refractivity contribution in [2.75, 3.05) is 11.9 Å². The first-order valence-corrected chi connectivity index (χ1v) is 7.11. The van der Waals surface area contributed by atoms with Gasteiger partial charge in [-0.1, -0.05) is 12.1 Å². The Balaban J connectivity index is 0.00000220. The molecule has 1 aromatic heterocycles. The lowest BCUT2D eigenvalue weighted by Gasteiger charge is -2.07. The van der Waals surface area contributed by atoms with Crippen LogP contribution in [0.2, 0.25) is 0 Å². The molecule has 0 aliphatic carbocycles. The van der Waals surface area contributed by atoms with Gasteiger partial charge in [-0.3, -0.25) is 4.68 Å². The monoisotopic (exact) mass is 309 g/mol. The van der Waals surface area contributed by atoms with Crippen molar-refractivity contribution in [3.63, 3.8) is 0 Å². The Morgan fingerprint density at radius 3 is 2.43 bits per heavy atom. The van der Waals surface area contributed by atoms with Crippen LogP contribution in [0.3, 0.4) is 0 Å². The third-order valence-corrected chi connectivity index (χ3v) is 3.16. The van der Waals surface area contributed by atoms with E-state index < -0.39 is 0 Å². The van der Waals surface area contributed by atoms with Gasteiger partial charge in [0.15, 0.2) is 0 Å². The van der Waals surface area contributed by atoms with Crippen LogP contribution in [0.25, 0.3) is 0 Å². The molecular formula is C16H24ClN3O. The number of halogens is 1. The minimum absolute atomic E-state index is 0. The minimum Gasteiger partial charge on any atom is -0.494 e. The molecule has 0 radical (unpaired) electrons. The SMILES string of the molecule is CCOc1ccc(CNc2cn(C(C)C)nc2C)cc1.Cl. The maximum atomic E-state index is 5.44. The number of aromatic nitrogens is 2. The molecule has 21 heavy (non-hydrogen) atoms. The van der Waals surface area contributed by atoms with Crippen LogP contribution in [0.4, 0.5) is 5.69 Å². The Bertz CT molecular complexity index is 549. The van der Waals surface area contributed by atoms with Gasteiger partial charge >= 0.3 is 0 Å². The number of rotatable bonds is 6. The number of hydrogen-bond acceptors (Lipinski definition) is 3. The predicted molar refractivity (Wildman–Crippen MR) is 89.5 cm³/mol. The minimum atomic E-state index is 0. The number of nitrogens with zero attached hydrogens (tertiary/aromatic N) is 2. The van der Waals surface area contributed by atoms with Crippen molar-refractivity contribution in [3.05, 3.63) is 41.7 Å². The van der Waals surface area contributed by atoms with Gasteiger partial charge in [-0.2, -0.15) is 5.10 Å². The highest BCUT2D eigenvalue weighted by molar-refractivity contribution is 5.85. The van der Waals surface area contributed by atoms with Crippen LogP contribution in [-0.2, 0) is 6.54 Å². The molecule has 0 amide bonds. The summed E-state index contributed by atoms with van der Waals surface area (Å²) in [7, 11) is 0. The largest absolute Gasteiger partial charge is 0.494 e. The van der Waals surface area contributed by atoms with Crippen molar-refractivity contribution < 1.29 is 4.74 Å². The van der Waals surface area contributed by atoms with Crippen molar-refractivity contribution in [1.29, 1.82) is 0 Å². The van der Waals surface area contributed by atoms with E-state index in [0.717, 1.165) is 23.7 Å². The topological polar surface area (TPSA) is 39.1 Å². The van der Waals surface area contributed by atoms with Crippen LogP contribution in [0.15, 0.2) is 30.5 Å². The average Bonchev–Trinajstić information content (AvgIpc) is 2.80. The fourth-order valence-corrected chi connectivity index (χ4v) is 1.99. The van der Waals surface area contributed by atoms with Crippen molar-refractivity contribution in [2.45, 2.75) is 40.3 Å². The molecule has 1 heterocycles. The molecule has 0 aliphatic rings. The lowest BCUT2D eigenvalue weighted by atomic mass is 10.2. The summed E-state index contributed by atoms with van der Waals surface area (Å²) in [5, 5.41) is 7.93. The van der Waals surface area contributed by atoms with E-state index in [1.165, 1.54) is 5.56 Å². The van der Waals surface area contributed by atoms with E-state index in [1.54, 1.807) is 0 Å². The third-order valence-electron chi connectivity index (χ3n) is 3.16. The molecule has 1 N–H and O–H groups in total. The summed E-state index contributed by atoms with van der Waals surface area (Å²) in [5.41, 5.74) is 3.35. The van der Waals surface area contributed by atoms with Crippen LogP contribution in [-0.4, -0.2) is 16.4 Å². The lowest BCUT2D eigenvalue weighted by molar-refractivity contribution is 0.340. The molecule has 2 rings (SSSR count). The smallest absolute Gasteiger partial charge is 0.119 e. The van der Waals surface area contributed by atoms with Gasteiger partial charge in [0, 0.05) is 18.8 Å². The molecule has 0 atom stereocenters. The summed E-state index contributed by atoms with van der Waals surface area (Å²) in [4.78, 5) is 0. The number of aryl methyl sites for hydroxylation is 1. The summed E-state index contributed by atoms with van der Waals surface area (Å²) < 4.78 is 7.42. The zero-order chi connectivity index (χ0) is 14.5. The van der Waals surface area contributed by atoms with E-state index in [-0.39, 0.29) is 12.4 Å². The normalized spacial score (nSPS) is 10.3. The Morgan fingerprint density at radius 2 is 1.90 bits per heavy atom. The highest BCUT2D eigenvalue weighted by Crippen LogP contribution is 2.18. The van der Waals surface area contributed by atoms with Crippen LogP contribution >= 0.6 is 12.4 Å². The second kappa shape index (κ2) is 7.93. The number of nitrogens with one attached hydrogen (secondary N) is 1. The van der Waals surface area contributed by atoms with Crippen LogP contribution < -0.4 is 10.1 Å². The van der Waals surface area contributed by atoms with E-state index in [1.807, 2.05) is 30.7 Å². The maximum absolute atomic E-state index is 5.44. The fourth-order valence-electron chi connectivity index (χ4n) is 1.99. The first kappa shape index (κ1) is 17.4. The highest BCUT2D eigenvalue weighted by atomic mass is 35.5. The molecule has 116 valence electrons. The first-order chi connectivity index (χ1) is 9.60. The van der Waals surface area contributed by atoms with Crippen LogP contribution in [0, 0.1) is 6.92 Å². The van der Waals surface area contributed by atoms with E-state index in [2.05, 4.69) is 42.6 Å². The summed E-state index contributed by atoms with van der Waals surface area (Å²) in [6, 6.07) is 8.56. The highest BCUT2D eigenvalue weighted by Gasteiger charge is 2.06. The van der Waals surface area contributed by atoms with Gasteiger partial charge in [0.25, 0.3) is 0 Å². The quantitative estimate of drug-likeness (QED) is 0.869. The van der Waals surface area contributed by atoms with E-state index in [0.29, 0.717) is 12.6 Å². The molecule has 0 aliphatic heterocycles. The number of anilines is 1. The molecule has 4 nitrogen and oxygen atoms in total. The zero-order valence-corrected chi connectivity index (χ0v) is 13.9. The molecule has 0 fully saturated rings. The molecular weight excluding hydrogens is 286 g/mol. The number of benzene rings is 1. The zero-order valence-electron chi connectivity index (χ0n) is 13.1. The summed E-state index contributed by atoms with van der Waals surface area (Å²) >= 11 is 0. The summed E-state index contributed by atoms with van der Waals surface area (Å²) in [6.45, 7) is 9.76. The molecule has 0 bridgehead atoms. The van der Waals surface area contributed by atoms with Crippen LogP contribution in [0.5, 0.6) is 5.75 Å². The Kier molecular flexibility index (Phi) is 6.56. The molecule has 5 heteroatoms. The Morgan fingerprint density at radius 1 is 1.24 bits per heavy atom. The molecule has 0 unspecified atom stereocenters. The van der Waals surface area contributed by atoms with Crippen LogP contribution in [0.1, 0.15) is 38.1 Å². The van der Waals surface area contributed by atoms with E-state index >= 15 is 0 Å². The molecule has 0 spiro atoms. The first-order valence-electron chi connectivity index (χ1n) is 7.11. The Hall–Kier alpha value is -1.68. The lowest BCUT2D eigenvalue weighted by Crippen LogP contribution is -2.01. The fraction of sp³-hybridized carbons (Fsp3) is 0.438. The van der Waals surface area contributed by atoms with E-state index in [4.69, 9.17) is 4.74 Å². The van der Waals surface area contributed by atoms with Gasteiger partial charge < -0.3 is 10.1 Å². The molecule has 0 saturated heterocycles. The van der Waals surface area contributed by atoms with Crippen molar-refractivity contribution in [2.24, 2.45) is 0 Å².